The molecule has 3 aromatic rings. The smallest absolute Gasteiger partial charge is 0.255 e. The number of rotatable bonds is 5. The first kappa shape index (κ1) is 19.6. The van der Waals surface area contributed by atoms with Crippen molar-refractivity contribution >= 4 is 17.5 Å². The maximum Gasteiger partial charge on any atom is 0.255 e. The van der Waals surface area contributed by atoms with Crippen LogP contribution in [-0.4, -0.2) is 41.0 Å². The monoisotopic (exact) mass is 417 g/mol. The van der Waals surface area contributed by atoms with Crippen molar-refractivity contribution in [1.29, 1.82) is 0 Å². The summed E-state index contributed by atoms with van der Waals surface area (Å²) in [5.74, 6) is 1.34. The van der Waals surface area contributed by atoms with Gasteiger partial charge < -0.3 is 19.5 Å². The molecule has 0 radical (unpaired) electrons. The number of furan rings is 1. The van der Waals surface area contributed by atoms with Crippen molar-refractivity contribution in [2.75, 3.05) is 22.9 Å². The third-order valence-electron chi connectivity index (χ3n) is 6.24. The van der Waals surface area contributed by atoms with Gasteiger partial charge in [0.05, 0.1) is 18.4 Å². The molecule has 2 atom stereocenters. The SMILES string of the molecule is CC1Cc2ccccc2N1Cc1occc1C(=O)NC1CCCN(c2ncccn2)C1. The summed E-state index contributed by atoms with van der Waals surface area (Å²) in [6, 6.07) is 12.5. The fraction of sp³-hybridized carbons (Fsp3) is 0.375. The van der Waals surface area contributed by atoms with E-state index >= 15 is 0 Å². The van der Waals surface area contributed by atoms with Crippen molar-refractivity contribution in [3.63, 3.8) is 0 Å². The van der Waals surface area contributed by atoms with E-state index in [0.29, 0.717) is 36.4 Å². The molecule has 1 fully saturated rings. The summed E-state index contributed by atoms with van der Waals surface area (Å²) in [6.07, 6.45) is 8.06. The fourth-order valence-electron chi connectivity index (χ4n) is 4.68. The van der Waals surface area contributed by atoms with E-state index in [-0.39, 0.29) is 11.9 Å². The summed E-state index contributed by atoms with van der Waals surface area (Å²) >= 11 is 0. The second-order valence-electron chi connectivity index (χ2n) is 8.37. The van der Waals surface area contributed by atoms with Gasteiger partial charge in [-0.1, -0.05) is 18.2 Å². The molecule has 1 amide bonds. The van der Waals surface area contributed by atoms with Gasteiger partial charge in [-0.2, -0.15) is 0 Å². The topological polar surface area (TPSA) is 74.5 Å². The number of nitrogens with zero attached hydrogens (tertiary/aromatic N) is 4. The fourth-order valence-corrected chi connectivity index (χ4v) is 4.68. The van der Waals surface area contributed by atoms with Gasteiger partial charge in [0.15, 0.2) is 0 Å². The number of aromatic nitrogens is 2. The molecule has 0 aliphatic carbocycles. The van der Waals surface area contributed by atoms with Crippen LogP contribution < -0.4 is 15.1 Å². The van der Waals surface area contributed by atoms with E-state index in [1.807, 2.05) is 6.07 Å². The zero-order valence-electron chi connectivity index (χ0n) is 17.7. The molecule has 1 aromatic carbocycles. The Morgan fingerprint density at radius 1 is 1.19 bits per heavy atom. The molecule has 7 nitrogen and oxygen atoms in total. The highest BCUT2D eigenvalue weighted by molar-refractivity contribution is 5.95. The van der Waals surface area contributed by atoms with Crippen molar-refractivity contribution in [3.05, 3.63) is 71.9 Å². The van der Waals surface area contributed by atoms with E-state index in [4.69, 9.17) is 4.42 Å². The minimum Gasteiger partial charge on any atom is -0.467 e. The number of anilines is 2. The summed E-state index contributed by atoms with van der Waals surface area (Å²) in [5, 5.41) is 3.20. The molecule has 2 unspecified atom stereocenters. The van der Waals surface area contributed by atoms with E-state index in [0.717, 1.165) is 25.8 Å². The lowest BCUT2D eigenvalue weighted by Gasteiger charge is -2.33. The van der Waals surface area contributed by atoms with Crippen LogP contribution in [0.4, 0.5) is 11.6 Å². The number of carbonyl (C=O) groups excluding carboxylic acids is 1. The van der Waals surface area contributed by atoms with Gasteiger partial charge in [0.1, 0.15) is 5.76 Å². The minimum absolute atomic E-state index is 0.0549. The molecular formula is C24H27N5O2. The number of piperidine rings is 1. The minimum atomic E-state index is -0.0790. The van der Waals surface area contributed by atoms with Crippen LogP contribution in [0.5, 0.6) is 0 Å². The van der Waals surface area contributed by atoms with Gasteiger partial charge in [-0.05, 0) is 49.9 Å². The highest BCUT2D eigenvalue weighted by Crippen LogP contribution is 2.33. The van der Waals surface area contributed by atoms with Crippen LogP contribution in [0.15, 0.2) is 59.5 Å². The third kappa shape index (κ3) is 4.00. The standard InChI is InChI=1S/C24H27N5O2/c1-17-14-18-6-2-3-8-21(18)29(17)16-22-20(9-13-31-22)23(30)27-19-7-4-12-28(15-19)24-25-10-5-11-26-24/h2-3,5-6,8-11,13,17,19H,4,7,12,14-16H2,1H3,(H,27,30). The number of amides is 1. The molecule has 1 saturated heterocycles. The van der Waals surface area contributed by atoms with E-state index in [1.165, 1.54) is 11.3 Å². The van der Waals surface area contributed by atoms with E-state index in [9.17, 15) is 4.79 Å². The molecule has 2 aliphatic rings. The Kier molecular flexibility index (Phi) is 5.32. The van der Waals surface area contributed by atoms with Crippen LogP contribution >= 0.6 is 0 Å². The molecule has 4 heterocycles. The van der Waals surface area contributed by atoms with Gasteiger partial charge in [0, 0.05) is 43.3 Å². The van der Waals surface area contributed by atoms with Gasteiger partial charge in [-0.25, -0.2) is 9.97 Å². The highest BCUT2D eigenvalue weighted by Gasteiger charge is 2.29. The Morgan fingerprint density at radius 2 is 2.03 bits per heavy atom. The summed E-state index contributed by atoms with van der Waals surface area (Å²) < 4.78 is 5.76. The molecular weight excluding hydrogens is 390 g/mol. The van der Waals surface area contributed by atoms with Crippen molar-refractivity contribution in [1.82, 2.24) is 15.3 Å². The second kappa shape index (κ2) is 8.41. The molecule has 2 aliphatic heterocycles. The predicted octanol–water partition coefficient (Wildman–Crippen LogP) is 3.42. The Hall–Kier alpha value is -3.35. The second-order valence-corrected chi connectivity index (χ2v) is 8.37. The lowest BCUT2D eigenvalue weighted by atomic mass is 10.1. The number of nitrogens with one attached hydrogen (secondary N) is 1. The number of carbonyl (C=O) groups is 1. The van der Waals surface area contributed by atoms with Gasteiger partial charge in [0.2, 0.25) is 5.95 Å². The molecule has 0 bridgehead atoms. The lowest BCUT2D eigenvalue weighted by molar-refractivity contribution is 0.0931. The summed E-state index contributed by atoms with van der Waals surface area (Å²) in [4.78, 5) is 26.2. The van der Waals surface area contributed by atoms with Gasteiger partial charge >= 0.3 is 0 Å². The summed E-state index contributed by atoms with van der Waals surface area (Å²) in [7, 11) is 0. The zero-order valence-corrected chi connectivity index (χ0v) is 17.7. The van der Waals surface area contributed by atoms with Crippen LogP contribution in [0.2, 0.25) is 0 Å². The van der Waals surface area contributed by atoms with E-state index < -0.39 is 0 Å². The molecule has 0 spiro atoms. The molecule has 160 valence electrons. The third-order valence-corrected chi connectivity index (χ3v) is 6.24. The predicted molar refractivity (Wildman–Crippen MR) is 119 cm³/mol. The van der Waals surface area contributed by atoms with Crippen molar-refractivity contribution in [3.8, 4) is 0 Å². The van der Waals surface area contributed by atoms with Gasteiger partial charge in [-0.3, -0.25) is 4.79 Å². The van der Waals surface area contributed by atoms with Crippen LogP contribution in [0.25, 0.3) is 0 Å². The Bertz CT molecular complexity index is 1050. The number of para-hydroxylation sites is 1. The van der Waals surface area contributed by atoms with Crippen LogP contribution in [0.3, 0.4) is 0 Å². The number of benzene rings is 1. The lowest BCUT2D eigenvalue weighted by Crippen LogP contribution is -2.48. The average Bonchev–Trinajstić information content (AvgIpc) is 3.39. The molecule has 31 heavy (non-hydrogen) atoms. The van der Waals surface area contributed by atoms with E-state index in [2.05, 4.69) is 56.3 Å². The zero-order chi connectivity index (χ0) is 21.2. The van der Waals surface area contributed by atoms with Crippen LogP contribution in [0.1, 0.15) is 41.4 Å². The first-order valence-electron chi connectivity index (χ1n) is 10.9. The maximum absolute atomic E-state index is 13.1. The normalized spacial score (nSPS) is 20.5. The number of fused-ring (bicyclic) bond motifs is 1. The van der Waals surface area contributed by atoms with Crippen LogP contribution in [-0.2, 0) is 13.0 Å². The van der Waals surface area contributed by atoms with Crippen molar-refractivity contribution < 1.29 is 9.21 Å². The molecule has 2 aromatic heterocycles. The summed E-state index contributed by atoms with van der Waals surface area (Å²) in [5.41, 5.74) is 3.19. The quantitative estimate of drug-likeness (QED) is 0.686. The largest absolute Gasteiger partial charge is 0.467 e. The van der Waals surface area contributed by atoms with Crippen molar-refractivity contribution in [2.24, 2.45) is 0 Å². The molecule has 1 N–H and O–H groups in total. The molecule has 5 rings (SSSR count). The van der Waals surface area contributed by atoms with Gasteiger partial charge in [0.25, 0.3) is 5.91 Å². The van der Waals surface area contributed by atoms with Crippen LogP contribution in [0, 0.1) is 0 Å². The Balaban J connectivity index is 1.27. The molecule has 0 saturated carbocycles. The molecule has 7 heteroatoms. The highest BCUT2D eigenvalue weighted by atomic mass is 16.3. The first-order valence-corrected chi connectivity index (χ1v) is 10.9. The maximum atomic E-state index is 13.1. The number of hydrogen-bond acceptors (Lipinski definition) is 6. The van der Waals surface area contributed by atoms with Gasteiger partial charge in [-0.15, -0.1) is 0 Å². The summed E-state index contributed by atoms with van der Waals surface area (Å²) in [6.45, 7) is 4.41. The Morgan fingerprint density at radius 3 is 2.90 bits per heavy atom. The first-order chi connectivity index (χ1) is 15.2. The van der Waals surface area contributed by atoms with E-state index in [1.54, 1.807) is 24.7 Å². The average molecular weight is 418 g/mol. The van der Waals surface area contributed by atoms with Crippen molar-refractivity contribution in [2.45, 2.75) is 44.8 Å². The Labute approximate surface area is 182 Å². The number of hydrogen-bond donors (Lipinski definition) is 1.